The van der Waals surface area contributed by atoms with Gasteiger partial charge in [0.1, 0.15) is 17.7 Å². The third-order valence-electron chi connectivity index (χ3n) is 5.38. The lowest BCUT2D eigenvalue weighted by Gasteiger charge is -2.43. The Morgan fingerprint density at radius 1 is 1.00 bits per heavy atom. The summed E-state index contributed by atoms with van der Waals surface area (Å²) < 4.78 is 38.1. The zero-order chi connectivity index (χ0) is 18.8. The lowest BCUT2D eigenvalue weighted by atomic mass is 9.86. The molecule has 2 bridgehead atoms. The molecule has 3 aliphatic heterocycles. The van der Waals surface area contributed by atoms with E-state index < -0.39 is 23.9 Å². The Bertz CT molecular complexity index is 803. The molecule has 0 saturated carbocycles. The van der Waals surface area contributed by atoms with Gasteiger partial charge in [-0.15, -0.1) is 0 Å². The van der Waals surface area contributed by atoms with Gasteiger partial charge in [-0.3, -0.25) is 4.90 Å². The Balaban J connectivity index is 1.52. The number of fused-ring (bicyclic) bond motifs is 3. The predicted molar refractivity (Wildman–Crippen MR) is 95.2 cm³/mol. The number of ether oxygens (including phenoxy) is 2. The highest BCUT2D eigenvalue weighted by Gasteiger charge is 2.37. The van der Waals surface area contributed by atoms with Crippen molar-refractivity contribution < 1.29 is 23.0 Å². The Hall–Kier alpha value is -2.47. The smallest absolute Gasteiger partial charge is 0.429 e. The predicted octanol–water partition coefficient (Wildman–Crippen LogP) is 4.30. The summed E-state index contributed by atoms with van der Waals surface area (Å²) in [4.78, 5) is 14.7. The lowest BCUT2D eigenvalue weighted by Crippen LogP contribution is -2.52. The molecule has 142 valence electrons. The van der Waals surface area contributed by atoms with Crippen LogP contribution >= 0.6 is 0 Å². The van der Waals surface area contributed by atoms with E-state index in [0.717, 1.165) is 32.5 Å². The van der Waals surface area contributed by atoms with Crippen molar-refractivity contribution in [1.82, 2.24) is 4.90 Å². The van der Waals surface area contributed by atoms with Crippen LogP contribution in [-0.2, 0) is 9.47 Å². The van der Waals surface area contributed by atoms with E-state index in [2.05, 4.69) is 4.90 Å². The molecule has 0 amide bonds. The van der Waals surface area contributed by atoms with E-state index in [0.29, 0.717) is 17.0 Å². The van der Waals surface area contributed by atoms with Crippen molar-refractivity contribution in [2.75, 3.05) is 19.6 Å². The van der Waals surface area contributed by atoms with E-state index >= 15 is 0 Å². The summed E-state index contributed by atoms with van der Waals surface area (Å²) in [5.74, 6) is -0.471. The molecule has 6 heteroatoms. The summed E-state index contributed by atoms with van der Waals surface area (Å²) in [6.45, 7) is 2.81. The summed E-state index contributed by atoms with van der Waals surface area (Å²) in [5.41, 5.74) is 1.01. The van der Waals surface area contributed by atoms with Gasteiger partial charge in [-0.2, -0.15) is 0 Å². The first-order valence-electron chi connectivity index (χ1n) is 9.19. The quantitative estimate of drug-likeness (QED) is 0.749. The monoisotopic (exact) mass is 373 g/mol. The van der Waals surface area contributed by atoms with Crippen LogP contribution in [0.1, 0.15) is 30.1 Å². The molecular formula is C21H21F2NO3. The molecule has 3 heterocycles. The van der Waals surface area contributed by atoms with Crippen molar-refractivity contribution >= 4 is 6.16 Å². The molecular weight excluding hydrogens is 352 g/mol. The first-order valence-corrected chi connectivity index (χ1v) is 9.19. The minimum absolute atomic E-state index is 0.179. The number of carbonyl (C=O) groups excluding carboxylic acids is 1. The number of piperidine rings is 3. The van der Waals surface area contributed by atoms with Gasteiger partial charge < -0.3 is 9.47 Å². The van der Waals surface area contributed by atoms with E-state index in [1.807, 2.05) is 0 Å². The molecule has 2 aromatic rings. The Kier molecular flexibility index (Phi) is 5.07. The van der Waals surface area contributed by atoms with Crippen molar-refractivity contribution in [3.63, 3.8) is 0 Å². The van der Waals surface area contributed by atoms with Gasteiger partial charge in [-0.1, -0.05) is 24.3 Å². The summed E-state index contributed by atoms with van der Waals surface area (Å²) in [5, 5.41) is 0. The van der Waals surface area contributed by atoms with Crippen LogP contribution in [0, 0.1) is 17.6 Å². The molecule has 0 spiro atoms. The topological polar surface area (TPSA) is 38.8 Å². The van der Waals surface area contributed by atoms with Crippen LogP contribution in [0.5, 0.6) is 0 Å². The second kappa shape index (κ2) is 7.64. The van der Waals surface area contributed by atoms with Crippen LogP contribution in [0.15, 0.2) is 48.5 Å². The fraction of sp³-hybridized carbons (Fsp3) is 0.381. The zero-order valence-electron chi connectivity index (χ0n) is 14.8. The minimum atomic E-state index is -0.866. The van der Waals surface area contributed by atoms with Gasteiger partial charge in [0.15, 0.2) is 6.10 Å². The molecule has 27 heavy (non-hydrogen) atoms. The van der Waals surface area contributed by atoms with E-state index in [9.17, 15) is 13.6 Å². The van der Waals surface area contributed by atoms with Crippen LogP contribution in [0.2, 0.25) is 0 Å². The molecule has 3 aliphatic rings. The van der Waals surface area contributed by atoms with Gasteiger partial charge >= 0.3 is 6.16 Å². The number of benzene rings is 2. The number of rotatable bonds is 4. The van der Waals surface area contributed by atoms with E-state index in [1.54, 1.807) is 12.1 Å². The molecule has 3 fully saturated rings. The Morgan fingerprint density at radius 2 is 1.74 bits per heavy atom. The lowest BCUT2D eigenvalue weighted by molar-refractivity contribution is -0.0642. The number of halogens is 2. The normalized spacial score (nSPS) is 25.0. The third-order valence-corrected chi connectivity index (χ3v) is 5.38. The number of hydrogen-bond donors (Lipinski definition) is 0. The van der Waals surface area contributed by atoms with E-state index in [-0.39, 0.29) is 6.10 Å². The summed E-state index contributed by atoms with van der Waals surface area (Å²) in [6, 6.07) is 11.4. The van der Waals surface area contributed by atoms with E-state index in [1.165, 1.54) is 36.4 Å². The number of carbonyl (C=O) groups is 1. The Morgan fingerprint density at radius 3 is 2.37 bits per heavy atom. The van der Waals surface area contributed by atoms with Crippen LogP contribution in [0.3, 0.4) is 0 Å². The second-order valence-corrected chi connectivity index (χ2v) is 7.15. The first kappa shape index (κ1) is 17.9. The van der Waals surface area contributed by atoms with Gasteiger partial charge in [0.05, 0.1) is 0 Å². The number of hydrogen-bond acceptors (Lipinski definition) is 4. The molecule has 3 saturated heterocycles. The van der Waals surface area contributed by atoms with Gasteiger partial charge in [0, 0.05) is 12.1 Å². The van der Waals surface area contributed by atoms with Crippen LogP contribution in [-0.4, -0.2) is 36.8 Å². The SMILES string of the molecule is O=C(OC(c1ccc(F)cc1)c1cccc(F)c1)O[C@H]1CN2CCC1CC2. The maximum absolute atomic E-state index is 13.7. The van der Waals surface area contributed by atoms with Gasteiger partial charge in [0.2, 0.25) is 0 Å². The highest BCUT2D eigenvalue weighted by molar-refractivity contribution is 5.61. The molecule has 0 N–H and O–H groups in total. The van der Waals surface area contributed by atoms with Crippen molar-refractivity contribution in [2.24, 2.45) is 5.92 Å². The third kappa shape index (κ3) is 4.11. The molecule has 2 aromatic carbocycles. The van der Waals surface area contributed by atoms with Crippen molar-refractivity contribution in [1.29, 1.82) is 0 Å². The molecule has 0 radical (unpaired) electrons. The van der Waals surface area contributed by atoms with Crippen LogP contribution < -0.4 is 0 Å². The summed E-state index contributed by atoms with van der Waals surface area (Å²) in [7, 11) is 0. The van der Waals surface area contributed by atoms with Gasteiger partial charge in [-0.05, 0) is 61.7 Å². The standard InChI is InChI=1S/C21H21F2NO3/c22-17-6-4-15(5-7-17)20(16-2-1-3-18(23)12-16)27-21(25)26-19-13-24-10-8-14(19)9-11-24/h1-7,12,14,19-20H,8-11,13H2/t19-,20?/m0/s1. The van der Waals surface area contributed by atoms with Crippen LogP contribution in [0.4, 0.5) is 13.6 Å². The van der Waals surface area contributed by atoms with Crippen molar-refractivity contribution in [3.05, 3.63) is 71.3 Å². The molecule has 4 nitrogen and oxygen atoms in total. The number of nitrogens with zero attached hydrogens (tertiary/aromatic N) is 1. The fourth-order valence-electron chi connectivity index (χ4n) is 3.93. The zero-order valence-corrected chi connectivity index (χ0v) is 14.8. The van der Waals surface area contributed by atoms with Crippen molar-refractivity contribution in [3.8, 4) is 0 Å². The molecule has 1 unspecified atom stereocenters. The highest BCUT2D eigenvalue weighted by atomic mass is 19.1. The van der Waals surface area contributed by atoms with Crippen LogP contribution in [0.25, 0.3) is 0 Å². The van der Waals surface area contributed by atoms with Gasteiger partial charge in [0.25, 0.3) is 0 Å². The average Bonchev–Trinajstić information content (AvgIpc) is 2.68. The molecule has 2 atom stereocenters. The summed E-state index contributed by atoms with van der Waals surface area (Å²) >= 11 is 0. The van der Waals surface area contributed by atoms with Gasteiger partial charge in [-0.25, -0.2) is 13.6 Å². The van der Waals surface area contributed by atoms with E-state index in [4.69, 9.17) is 9.47 Å². The fourth-order valence-corrected chi connectivity index (χ4v) is 3.93. The first-order chi connectivity index (χ1) is 13.1. The highest BCUT2D eigenvalue weighted by Crippen LogP contribution is 2.31. The summed E-state index contributed by atoms with van der Waals surface area (Å²) in [6.07, 6.45) is 0.204. The maximum Gasteiger partial charge on any atom is 0.509 e. The molecule has 5 rings (SSSR count). The Labute approximate surface area is 156 Å². The molecule has 0 aliphatic carbocycles. The average molecular weight is 373 g/mol. The molecule has 0 aromatic heterocycles. The largest absolute Gasteiger partial charge is 0.509 e. The minimum Gasteiger partial charge on any atom is -0.429 e. The second-order valence-electron chi connectivity index (χ2n) is 7.15. The maximum atomic E-state index is 13.7. The van der Waals surface area contributed by atoms with Crippen molar-refractivity contribution in [2.45, 2.75) is 25.0 Å².